The van der Waals surface area contributed by atoms with E-state index in [2.05, 4.69) is 34.6 Å². The van der Waals surface area contributed by atoms with E-state index in [4.69, 9.17) is 0 Å². The minimum absolute atomic E-state index is 0.0624. The Morgan fingerprint density at radius 1 is 1.03 bits per heavy atom. The average Bonchev–Trinajstić information content (AvgIpc) is 3.02. The minimum Gasteiger partial charge on any atom is -0.393 e. The molecule has 0 aromatic rings. The van der Waals surface area contributed by atoms with Crippen LogP contribution in [-0.4, -0.2) is 28.2 Å². The molecule has 4 saturated carbocycles. The van der Waals surface area contributed by atoms with Gasteiger partial charge in [-0.2, -0.15) is 0 Å². The number of aliphatic hydroxyl groups excluding tert-OH is 2. The standard InChI is InChI=1S/C27H46O3/c1-16(2)7-6-8-17(3)20-9-10-21-25-22(15-24(30)27(20,21)5)26(4)12-11-19(28)13-18(26)14-23(25)29/h16-18,20-25,29-30H,6-15H2,1-5H3/t17?,18?,20?,21-,22-,23+,24?,25?,26-,27+/m0/s1. The number of rotatable bonds is 5. The summed E-state index contributed by atoms with van der Waals surface area (Å²) < 4.78 is 0. The summed E-state index contributed by atoms with van der Waals surface area (Å²) in [6.07, 6.45) is 9.54. The van der Waals surface area contributed by atoms with E-state index in [9.17, 15) is 15.0 Å². The molecule has 2 N–H and O–H groups in total. The van der Waals surface area contributed by atoms with Crippen LogP contribution in [0.2, 0.25) is 0 Å². The second-order valence-electron chi connectivity index (χ2n) is 12.6. The SMILES string of the molecule is CC(C)CCCC(C)C1CC[C@H]2C3[C@H](O)CC4CC(=O)CC[C@]4(C)[C@H]3CC(O)[C@]12C. The van der Waals surface area contributed by atoms with Crippen molar-refractivity contribution in [3.05, 3.63) is 0 Å². The lowest BCUT2D eigenvalue weighted by atomic mass is 9.43. The van der Waals surface area contributed by atoms with E-state index in [0.29, 0.717) is 54.1 Å². The molecule has 0 saturated heterocycles. The second kappa shape index (κ2) is 8.18. The smallest absolute Gasteiger partial charge is 0.133 e. The first-order chi connectivity index (χ1) is 14.1. The predicted octanol–water partition coefficient (Wildman–Crippen LogP) is 5.62. The van der Waals surface area contributed by atoms with Gasteiger partial charge >= 0.3 is 0 Å². The van der Waals surface area contributed by atoms with Gasteiger partial charge in [0, 0.05) is 12.8 Å². The van der Waals surface area contributed by atoms with Gasteiger partial charge in [-0.15, -0.1) is 0 Å². The van der Waals surface area contributed by atoms with Gasteiger partial charge in [-0.1, -0.05) is 53.9 Å². The predicted molar refractivity (Wildman–Crippen MR) is 121 cm³/mol. The highest BCUT2D eigenvalue weighted by Crippen LogP contribution is 2.68. The highest BCUT2D eigenvalue weighted by atomic mass is 16.3. The molecule has 0 heterocycles. The van der Waals surface area contributed by atoms with E-state index >= 15 is 0 Å². The number of ketones is 1. The summed E-state index contributed by atoms with van der Waals surface area (Å²) in [6.45, 7) is 11.8. The Hall–Kier alpha value is -0.410. The lowest BCUT2D eigenvalue weighted by Crippen LogP contribution is -2.62. The van der Waals surface area contributed by atoms with Crippen LogP contribution in [0.25, 0.3) is 0 Å². The molecule has 10 atom stereocenters. The molecule has 0 aliphatic heterocycles. The minimum atomic E-state index is -0.300. The third-order valence-corrected chi connectivity index (χ3v) is 10.8. The number of carbonyl (C=O) groups excluding carboxylic acids is 1. The lowest BCUT2D eigenvalue weighted by molar-refractivity contribution is -0.201. The molecule has 30 heavy (non-hydrogen) atoms. The number of aliphatic hydroxyl groups is 2. The molecule has 0 radical (unpaired) electrons. The molecule has 0 aromatic heterocycles. The van der Waals surface area contributed by atoms with Crippen molar-refractivity contribution in [2.24, 2.45) is 52.3 Å². The van der Waals surface area contributed by atoms with Crippen LogP contribution in [0.1, 0.15) is 98.8 Å². The fourth-order valence-electron chi connectivity index (χ4n) is 8.99. The second-order valence-corrected chi connectivity index (χ2v) is 12.6. The van der Waals surface area contributed by atoms with Crippen molar-refractivity contribution in [2.45, 2.75) is 111 Å². The monoisotopic (exact) mass is 418 g/mol. The Morgan fingerprint density at radius 2 is 1.77 bits per heavy atom. The van der Waals surface area contributed by atoms with Gasteiger partial charge in [0.2, 0.25) is 0 Å². The maximum absolute atomic E-state index is 12.1. The van der Waals surface area contributed by atoms with E-state index in [1.807, 2.05) is 0 Å². The third kappa shape index (κ3) is 3.51. The number of fused-ring (bicyclic) bond motifs is 5. The lowest BCUT2D eigenvalue weighted by Gasteiger charge is -2.63. The Labute approximate surface area is 184 Å². The number of carbonyl (C=O) groups is 1. The average molecular weight is 419 g/mol. The van der Waals surface area contributed by atoms with Crippen LogP contribution in [0.4, 0.5) is 0 Å². The molecule has 0 amide bonds. The van der Waals surface area contributed by atoms with Gasteiger partial charge in [0.15, 0.2) is 0 Å². The molecule has 0 bridgehead atoms. The molecule has 172 valence electrons. The van der Waals surface area contributed by atoms with E-state index in [1.165, 1.54) is 25.7 Å². The Balaban J connectivity index is 1.56. The molecule has 0 spiro atoms. The molecule has 0 aromatic carbocycles. The van der Waals surface area contributed by atoms with Crippen molar-refractivity contribution in [1.29, 1.82) is 0 Å². The number of hydrogen-bond acceptors (Lipinski definition) is 3. The maximum atomic E-state index is 12.1. The normalized spacial score (nSPS) is 49.5. The van der Waals surface area contributed by atoms with Gasteiger partial charge in [0.1, 0.15) is 5.78 Å². The topological polar surface area (TPSA) is 57.5 Å². The van der Waals surface area contributed by atoms with Crippen LogP contribution in [0.3, 0.4) is 0 Å². The summed E-state index contributed by atoms with van der Waals surface area (Å²) in [4.78, 5) is 12.1. The highest BCUT2D eigenvalue weighted by molar-refractivity contribution is 5.79. The molecular formula is C27H46O3. The zero-order chi connectivity index (χ0) is 21.8. The Morgan fingerprint density at radius 3 is 2.47 bits per heavy atom. The molecule has 4 aliphatic carbocycles. The van der Waals surface area contributed by atoms with Crippen LogP contribution < -0.4 is 0 Å². The summed E-state index contributed by atoms with van der Waals surface area (Å²) in [5.41, 5.74) is 0.0498. The quantitative estimate of drug-likeness (QED) is 0.609. The summed E-state index contributed by atoms with van der Waals surface area (Å²) >= 11 is 0. The van der Waals surface area contributed by atoms with Crippen molar-refractivity contribution in [3.8, 4) is 0 Å². The first-order valence-corrected chi connectivity index (χ1v) is 13.0. The largest absolute Gasteiger partial charge is 0.393 e. The van der Waals surface area contributed by atoms with E-state index in [1.54, 1.807) is 0 Å². The molecule has 4 aliphatic rings. The zero-order valence-corrected chi connectivity index (χ0v) is 20.1. The first-order valence-electron chi connectivity index (χ1n) is 13.0. The van der Waals surface area contributed by atoms with E-state index in [0.717, 1.165) is 31.6 Å². The van der Waals surface area contributed by atoms with Crippen molar-refractivity contribution in [2.75, 3.05) is 0 Å². The molecule has 3 nitrogen and oxygen atoms in total. The molecule has 5 unspecified atom stereocenters. The van der Waals surface area contributed by atoms with Gasteiger partial charge in [0.25, 0.3) is 0 Å². The van der Waals surface area contributed by atoms with Gasteiger partial charge < -0.3 is 10.2 Å². The third-order valence-electron chi connectivity index (χ3n) is 10.8. The Kier molecular flexibility index (Phi) is 6.21. The number of hydrogen-bond donors (Lipinski definition) is 2. The molecule has 4 fully saturated rings. The van der Waals surface area contributed by atoms with Gasteiger partial charge in [-0.3, -0.25) is 4.79 Å². The van der Waals surface area contributed by atoms with E-state index in [-0.39, 0.29) is 23.0 Å². The first kappa shape index (κ1) is 22.8. The summed E-state index contributed by atoms with van der Waals surface area (Å²) in [6, 6.07) is 0. The zero-order valence-electron chi connectivity index (χ0n) is 20.1. The van der Waals surface area contributed by atoms with Crippen LogP contribution >= 0.6 is 0 Å². The van der Waals surface area contributed by atoms with Crippen molar-refractivity contribution >= 4 is 5.78 Å². The highest BCUT2D eigenvalue weighted by Gasteiger charge is 2.65. The summed E-state index contributed by atoms with van der Waals surface area (Å²) in [5.74, 6) is 3.74. The van der Waals surface area contributed by atoms with Crippen LogP contribution in [-0.2, 0) is 4.79 Å². The van der Waals surface area contributed by atoms with Crippen LogP contribution in [0.15, 0.2) is 0 Å². The number of Topliss-reactive ketones (excluding diaryl/α,β-unsaturated/α-hetero) is 1. The maximum Gasteiger partial charge on any atom is 0.133 e. The van der Waals surface area contributed by atoms with Crippen LogP contribution in [0, 0.1) is 52.3 Å². The van der Waals surface area contributed by atoms with Gasteiger partial charge in [0.05, 0.1) is 12.2 Å². The molecule has 3 heteroatoms. The van der Waals surface area contributed by atoms with Gasteiger partial charge in [-0.05, 0) is 84.4 Å². The summed E-state index contributed by atoms with van der Waals surface area (Å²) in [5, 5.41) is 22.9. The Bertz CT molecular complexity index is 644. The molecular weight excluding hydrogens is 372 g/mol. The van der Waals surface area contributed by atoms with Crippen molar-refractivity contribution in [1.82, 2.24) is 0 Å². The fourth-order valence-corrected chi connectivity index (χ4v) is 8.99. The molecule has 4 rings (SSSR count). The van der Waals surface area contributed by atoms with Crippen molar-refractivity contribution in [3.63, 3.8) is 0 Å². The van der Waals surface area contributed by atoms with E-state index < -0.39 is 0 Å². The van der Waals surface area contributed by atoms with Crippen LogP contribution in [0.5, 0.6) is 0 Å². The fraction of sp³-hybridized carbons (Fsp3) is 0.963. The summed E-state index contributed by atoms with van der Waals surface area (Å²) in [7, 11) is 0. The van der Waals surface area contributed by atoms with Gasteiger partial charge in [-0.25, -0.2) is 0 Å². The van der Waals surface area contributed by atoms with Crippen molar-refractivity contribution < 1.29 is 15.0 Å².